The van der Waals surface area contributed by atoms with Gasteiger partial charge in [0.05, 0.1) is 17.1 Å². The normalized spacial score (nSPS) is 15.1. The van der Waals surface area contributed by atoms with E-state index in [0.29, 0.717) is 18.0 Å². The van der Waals surface area contributed by atoms with Crippen molar-refractivity contribution in [2.45, 2.75) is 31.1 Å². The Morgan fingerprint density at radius 1 is 1.11 bits per heavy atom. The zero-order chi connectivity index (χ0) is 18.7. The Hall–Kier alpha value is -2.17. The van der Waals surface area contributed by atoms with Gasteiger partial charge in [0.1, 0.15) is 5.01 Å². The zero-order valence-corrected chi connectivity index (χ0v) is 16.5. The first-order chi connectivity index (χ1) is 13.2. The van der Waals surface area contributed by atoms with Gasteiger partial charge in [-0.25, -0.2) is 4.98 Å². The first kappa shape index (κ1) is 18.2. The number of carbonyl (C=O) groups excluding carboxylic acids is 1. The predicted octanol–water partition coefficient (Wildman–Crippen LogP) is 5.24. The highest BCUT2D eigenvalue weighted by Gasteiger charge is 2.38. The largest absolute Gasteiger partial charge is 0.355 e. The SMILES string of the molecule is O=C(Cc1csc(-c2ccccc2Cl)n1)NCC1(c2ccccc2)CCC1. The summed E-state index contributed by atoms with van der Waals surface area (Å²) >= 11 is 7.76. The van der Waals surface area contributed by atoms with Crippen LogP contribution in [0.2, 0.25) is 5.02 Å². The van der Waals surface area contributed by atoms with Gasteiger partial charge in [-0.2, -0.15) is 0 Å². The number of amides is 1. The van der Waals surface area contributed by atoms with Crippen LogP contribution < -0.4 is 5.32 Å². The van der Waals surface area contributed by atoms with Crippen LogP contribution >= 0.6 is 22.9 Å². The maximum Gasteiger partial charge on any atom is 0.226 e. The standard InChI is InChI=1S/C22H21ClN2OS/c23-19-10-5-4-9-18(19)21-25-17(14-27-21)13-20(26)24-15-22(11-6-12-22)16-7-2-1-3-8-16/h1-5,7-10,14H,6,11-13,15H2,(H,24,26). The number of aromatic nitrogens is 1. The quantitative estimate of drug-likeness (QED) is 0.618. The van der Waals surface area contributed by atoms with Gasteiger partial charge in [0.25, 0.3) is 0 Å². The van der Waals surface area contributed by atoms with E-state index in [2.05, 4.69) is 34.6 Å². The van der Waals surface area contributed by atoms with Crippen LogP contribution in [0.15, 0.2) is 60.0 Å². The van der Waals surface area contributed by atoms with E-state index in [0.717, 1.165) is 29.1 Å². The molecule has 5 heteroatoms. The molecule has 1 aromatic heterocycles. The van der Waals surface area contributed by atoms with Gasteiger partial charge in [0, 0.05) is 22.9 Å². The van der Waals surface area contributed by atoms with Crippen LogP contribution in [0, 0.1) is 0 Å². The second kappa shape index (κ2) is 7.83. The van der Waals surface area contributed by atoms with Gasteiger partial charge in [-0.15, -0.1) is 11.3 Å². The Bertz CT molecular complexity index is 934. The van der Waals surface area contributed by atoms with E-state index in [4.69, 9.17) is 11.6 Å². The minimum atomic E-state index is 0.0215. The number of halogens is 1. The fourth-order valence-electron chi connectivity index (χ4n) is 3.60. The minimum absolute atomic E-state index is 0.0215. The van der Waals surface area contributed by atoms with E-state index in [-0.39, 0.29) is 11.3 Å². The van der Waals surface area contributed by atoms with Crippen LogP contribution in [0.5, 0.6) is 0 Å². The van der Waals surface area contributed by atoms with E-state index < -0.39 is 0 Å². The van der Waals surface area contributed by atoms with E-state index in [9.17, 15) is 4.79 Å². The molecule has 27 heavy (non-hydrogen) atoms. The molecule has 4 rings (SSSR count). The van der Waals surface area contributed by atoms with Crippen molar-refractivity contribution in [2.24, 2.45) is 0 Å². The summed E-state index contributed by atoms with van der Waals surface area (Å²) in [6.07, 6.45) is 3.78. The van der Waals surface area contributed by atoms with Crippen LogP contribution in [0.1, 0.15) is 30.5 Å². The molecule has 0 radical (unpaired) electrons. The molecule has 0 saturated heterocycles. The summed E-state index contributed by atoms with van der Waals surface area (Å²) < 4.78 is 0. The lowest BCUT2D eigenvalue weighted by Gasteiger charge is -2.42. The summed E-state index contributed by atoms with van der Waals surface area (Å²) in [5.74, 6) is 0.0215. The highest BCUT2D eigenvalue weighted by Crippen LogP contribution is 2.43. The Morgan fingerprint density at radius 3 is 2.56 bits per heavy atom. The molecule has 0 spiro atoms. The molecular formula is C22H21ClN2OS. The second-order valence-electron chi connectivity index (χ2n) is 7.08. The smallest absolute Gasteiger partial charge is 0.226 e. The lowest BCUT2D eigenvalue weighted by atomic mass is 9.64. The number of hydrogen-bond donors (Lipinski definition) is 1. The molecule has 1 saturated carbocycles. The van der Waals surface area contributed by atoms with Crippen LogP contribution in [-0.4, -0.2) is 17.4 Å². The molecule has 138 valence electrons. The average molecular weight is 397 g/mol. The molecule has 1 heterocycles. The average Bonchev–Trinajstić information content (AvgIpc) is 3.10. The van der Waals surface area contributed by atoms with Crippen molar-refractivity contribution >= 4 is 28.8 Å². The molecule has 3 aromatic rings. The fourth-order valence-corrected chi connectivity index (χ4v) is 4.74. The first-order valence-corrected chi connectivity index (χ1v) is 10.4. The second-order valence-corrected chi connectivity index (χ2v) is 8.34. The number of hydrogen-bond acceptors (Lipinski definition) is 3. The first-order valence-electron chi connectivity index (χ1n) is 9.18. The Morgan fingerprint density at radius 2 is 1.85 bits per heavy atom. The fraction of sp³-hybridized carbons (Fsp3) is 0.273. The summed E-state index contributed by atoms with van der Waals surface area (Å²) in [4.78, 5) is 17.1. The van der Waals surface area contributed by atoms with Crippen LogP contribution in [-0.2, 0) is 16.6 Å². The highest BCUT2D eigenvalue weighted by atomic mass is 35.5. The number of rotatable bonds is 6. The van der Waals surface area contributed by atoms with Crippen LogP contribution in [0.3, 0.4) is 0 Å². The predicted molar refractivity (Wildman–Crippen MR) is 111 cm³/mol. The molecule has 1 fully saturated rings. The van der Waals surface area contributed by atoms with Crippen molar-refractivity contribution < 1.29 is 4.79 Å². The highest BCUT2D eigenvalue weighted by molar-refractivity contribution is 7.13. The van der Waals surface area contributed by atoms with E-state index in [1.807, 2.05) is 35.7 Å². The maximum atomic E-state index is 12.5. The number of thiazole rings is 1. The summed E-state index contributed by atoms with van der Waals surface area (Å²) in [6.45, 7) is 0.692. The van der Waals surface area contributed by atoms with E-state index in [1.54, 1.807) is 0 Å². The molecule has 0 bridgehead atoms. The van der Waals surface area contributed by atoms with Crippen LogP contribution in [0.25, 0.3) is 10.6 Å². The van der Waals surface area contributed by atoms with Gasteiger partial charge in [-0.1, -0.05) is 66.6 Å². The Balaban J connectivity index is 1.38. The summed E-state index contributed by atoms with van der Waals surface area (Å²) in [5, 5.41) is 6.60. The topological polar surface area (TPSA) is 42.0 Å². The number of nitrogens with zero attached hydrogens (tertiary/aromatic N) is 1. The van der Waals surface area contributed by atoms with Crippen molar-refractivity contribution in [1.29, 1.82) is 0 Å². The van der Waals surface area contributed by atoms with Crippen molar-refractivity contribution in [3.05, 3.63) is 76.3 Å². The molecule has 1 aliphatic rings. The molecule has 0 unspecified atom stereocenters. The molecule has 1 N–H and O–H groups in total. The van der Waals surface area contributed by atoms with Gasteiger partial charge in [-0.3, -0.25) is 4.79 Å². The molecule has 1 amide bonds. The molecule has 0 atom stereocenters. The van der Waals surface area contributed by atoms with E-state index in [1.165, 1.54) is 23.3 Å². The van der Waals surface area contributed by atoms with Gasteiger partial charge in [0.15, 0.2) is 0 Å². The molecule has 3 nitrogen and oxygen atoms in total. The third-order valence-electron chi connectivity index (χ3n) is 5.32. The Labute approximate surface area is 168 Å². The van der Waals surface area contributed by atoms with Crippen molar-refractivity contribution in [3.8, 4) is 10.6 Å². The van der Waals surface area contributed by atoms with Crippen LogP contribution in [0.4, 0.5) is 0 Å². The van der Waals surface area contributed by atoms with Gasteiger partial charge < -0.3 is 5.32 Å². The summed E-state index contributed by atoms with van der Waals surface area (Å²) in [6, 6.07) is 18.2. The Kier molecular flexibility index (Phi) is 5.28. The maximum absolute atomic E-state index is 12.5. The summed E-state index contributed by atoms with van der Waals surface area (Å²) in [7, 11) is 0. The molecule has 1 aliphatic carbocycles. The van der Waals surface area contributed by atoms with Crippen molar-refractivity contribution in [3.63, 3.8) is 0 Å². The van der Waals surface area contributed by atoms with E-state index >= 15 is 0 Å². The zero-order valence-electron chi connectivity index (χ0n) is 15.0. The molecule has 2 aromatic carbocycles. The third kappa shape index (κ3) is 3.92. The number of nitrogens with one attached hydrogen (secondary N) is 1. The third-order valence-corrected chi connectivity index (χ3v) is 6.57. The molecule has 0 aliphatic heterocycles. The minimum Gasteiger partial charge on any atom is -0.355 e. The van der Waals surface area contributed by atoms with Gasteiger partial charge in [0.2, 0.25) is 5.91 Å². The molecular weight excluding hydrogens is 376 g/mol. The van der Waals surface area contributed by atoms with Gasteiger partial charge in [-0.05, 0) is 24.5 Å². The van der Waals surface area contributed by atoms with Crippen molar-refractivity contribution in [1.82, 2.24) is 10.3 Å². The monoisotopic (exact) mass is 396 g/mol. The van der Waals surface area contributed by atoms with Crippen molar-refractivity contribution in [2.75, 3.05) is 6.54 Å². The summed E-state index contributed by atoms with van der Waals surface area (Å²) in [5.41, 5.74) is 3.12. The van der Waals surface area contributed by atoms with Gasteiger partial charge >= 0.3 is 0 Å². The number of benzene rings is 2. The number of carbonyl (C=O) groups is 1. The lowest BCUT2D eigenvalue weighted by Crippen LogP contribution is -2.45. The lowest BCUT2D eigenvalue weighted by molar-refractivity contribution is -0.120.